The fraction of sp³-hybridized carbons (Fsp3) is 0.471. The Kier molecular flexibility index (Phi) is 6.52. The first-order chi connectivity index (χ1) is 14.0. The van der Waals surface area contributed by atoms with Crippen molar-refractivity contribution in [2.45, 2.75) is 35.6 Å². The van der Waals surface area contributed by atoms with E-state index in [9.17, 15) is 36.3 Å². The van der Waals surface area contributed by atoms with E-state index in [-0.39, 0.29) is 4.90 Å². The molecule has 1 amide bonds. The van der Waals surface area contributed by atoms with Gasteiger partial charge in [-0.3, -0.25) is 14.1 Å². The average Bonchev–Trinajstić information content (AvgIpc) is 3.33. The fourth-order valence-electron chi connectivity index (χ4n) is 3.54. The van der Waals surface area contributed by atoms with Gasteiger partial charge < -0.3 is 21.3 Å². The molecule has 1 saturated heterocycles. The van der Waals surface area contributed by atoms with Crippen LogP contribution in [0.3, 0.4) is 0 Å². The summed E-state index contributed by atoms with van der Waals surface area (Å²) >= 11 is 0. The summed E-state index contributed by atoms with van der Waals surface area (Å²) in [5.74, 6) is -7.06. The lowest BCUT2D eigenvalue weighted by Crippen LogP contribution is -2.61. The molecular weight excluding hydrogens is 456 g/mol. The van der Waals surface area contributed by atoms with Gasteiger partial charge in [0.25, 0.3) is 10.1 Å². The Balaban J connectivity index is 0.000000262. The number of hydrogen-bond acceptors (Lipinski definition) is 8. The number of carboxylic acid groups (broad SMARTS) is 2. The zero-order valence-electron chi connectivity index (χ0n) is 16.4. The largest absolute Gasteiger partial charge is 0.481 e. The van der Waals surface area contributed by atoms with Gasteiger partial charge in [0.15, 0.2) is 15.4 Å². The summed E-state index contributed by atoms with van der Waals surface area (Å²) in [6.45, 7) is 3.15. The number of nitrogens with two attached hydrogens (primary N) is 1. The van der Waals surface area contributed by atoms with E-state index in [2.05, 4.69) is 5.32 Å². The van der Waals surface area contributed by atoms with Crippen molar-refractivity contribution in [3.05, 3.63) is 29.8 Å². The molecule has 3 rings (SSSR count). The number of sulfone groups is 1. The number of nitrogens with one attached hydrogen (secondary N) is 1. The summed E-state index contributed by atoms with van der Waals surface area (Å²) in [6.07, 6.45) is 0. The lowest BCUT2D eigenvalue weighted by Gasteiger charge is -2.28. The molecule has 2 aliphatic rings. The maximum absolute atomic E-state index is 11.9. The highest BCUT2D eigenvalue weighted by atomic mass is 32.2. The number of hydrogen-bond donors (Lipinski definition) is 5. The van der Waals surface area contributed by atoms with E-state index in [1.165, 1.54) is 19.1 Å². The lowest BCUT2D eigenvalue weighted by molar-refractivity contribution is -0.148. The molecule has 0 unspecified atom stereocenters. The van der Waals surface area contributed by atoms with Crippen molar-refractivity contribution in [3.63, 3.8) is 0 Å². The van der Waals surface area contributed by atoms with Crippen molar-refractivity contribution in [1.29, 1.82) is 0 Å². The molecule has 1 aliphatic heterocycles. The molecule has 0 spiro atoms. The van der Waals surface area contributed by atoms with E-state index in [4.69, 9.17) is 15.4 Å². The van der Waals surface area contributed by atoms with E-state index < -0.39 is 72.2 Å². The van der Waals surface area contributed by atoms with E-state index in [0.717, 1.165) is 5.56 Å². The minimum atomic E-state index is -4.02. The molecule has 172 valence electrons. The third-order valence-corrected chi connectivity index (χ3v) is 8.25. The number of carbonyl (C=O) groups is 3. The summed E-state index contributed by atoms with van der Waals surface area (Å²) in [6, 6.07) is 4.96. The van der Waals surface area contributed by atoms with Gasteiger partial charge in [0.05, 0.1) is 27.9 Å². The second kappa shape index (κ2) is 8.18. The van der Waals surface area contributed by atoms with Gasteiger partial charge in [-0.2, -0.15) is 8.42 Å². The van der Waals surface area contributed by atoms with Crippen molar-refractivity contribution < 1.29 is 46.0 Å². The highest BCUT2D eigenvalue weighted by molar-refractivity contribution is 7.92. The molecule has 31 heavy (non-hydrogen) atoms. The molecule has 1 aliphatic carbocycles. The van der Waals surface area contributed by atoms with Crippen LogP contribution in [0.4, 0.5) is 0 Å². The van der Waals surface area contributed by atoms with Gasteiger partial charge in [-0.15, -0.1) is 0 Å². The maximum atomic E-state index is 11.9. The standard InChI is InChI=1S/C10H14N2O7S.C7H8O3S/c1-3(11)7(13)12-10(9(16)17)2-20(18,19)6-4(5(6)10)8(14)15;1-6-2-4-7(5-3-6)11(8,9)10/h3-6H,2,11H2,1H3,(H,12,13)(H,14,15)(H,16,17);2-5H,1H3,(H,8,9,10)/t3-,4+,5+,6-,10-;/m0./s1. The Morgan fingerprint density at radius 1 is 1.19 bits per heavy atom. The van der Waals surface area contributed by atoms with Crippen LogP contribution in [0.5, 0.6) is 0 Å². The summed E-state index contributed by atoms with van der Waals surface area (Å²) in [4.78, 5) is 34.0. The number of carboxylic acids is 2. The first-order valence-electron chi connectivity index (χ1n) is 8.84. The van der Waals surface area contributed by atoms with Crippen LogP contribution in [0, 0.1) is 18.8 Å². The Bertz CT molecular complexity index is 1110. The highest BCUT2D eigenvalue weighted by Crippen LogP contribution is 2.57. The van der Waals surface area contributed by atoms with Crippen LogP contribution in [0.25, 0.3) is 0 Å². The van der Waals surface area contributed by atoms with Crippen molar-refractivity contribution in [2.24, 2.45) is 17.6 Å². The minimum Gasteiger partial charge on any atom is -0.481 e. The third-order valence-electron chi connectivity index (χ3n) is 5.11. The van der Waals surface area contributed by atoms with Crippen molar-refractivity contribution in [1.82, 2.24) is 5.32 Å². The molecule has 6 N–H and O–H groups in total. The van der Waals surface area contributed by atoms with Crippen LogP contribution >= 0.6 is 0 Å². The van der Waals surface area contributed by atoms with Gasteiger partial charge in [-0.25, -0.2) is 13.2 Å². The van der Waals surface area contributed by atoms with Crippen LogP contribution in [0.15, 0.2) is 29.2 Å². The van der Waals surface area contributed by atoms with Gasteiger partial charge in [0.1, 0.15) is 0 Å². The van der Waals surface area contributed by atoms with Crippen LogP contribution in [-0.4, -0.2) is 72.0 Å². The molecular formula is C17H22N2O10S2. The molecule has 14 heteroatoms. The van der Waals surface area contributed by atoms with Crippen molar-refractivity contribution >= 4 is 37.8 Å². The number of fused-ring (bicyclic) bond motifs is 1. The van der Waals surface area contributed by atoms with Gasteiger partial charge in [-0.05, 0) is 26.0 Å². The second-order valence-electron chi connectivity index (χ2n) is 7.50. The topological polar surface area (TPSA) is 218 Å². The second-order valence-corrected chi connectivity index (χ2v) is 11.1. The van der Waals surface area contributed by atoms with Crippen LogP contribution in [-0.2, 0) is 34.3 Å². The minimum absolute atomic E-state index is 0.0666. The number of aryl methyl sites for hydroxylation is 1. The quantitative estimate of drug-likeness (QED) is 0.311. The van der Waals surface area contributed by atoms with Crippen LogP contribution in [0.1, 0.15) is 12.5 Å². The molecule has 1 aromatic rings. The number of benzene rings is 1. The Labute approximate surface area is 178 Å². The fourth-order valence-corrected chi connectivity index (χ4v) is 6.73. The Morgan fingerprint density at radius 3 is 2.06 bits per heavy atom. The van der Waals surface area contributed by atoms with Crippen LogP contribution in [0.2, 0.25) is 0 Å². The van der Waals surface area contributed by atoms with Gasteiger partial charge in [-0.1, -0.05) is 17.7 Å². The number of amides is 1. The lowest BCUT2D eigenvalue weighted by atomic mass is 9.93. The molecule has 0 bridgehead atoms. The molecule has 5 atom stereocenters. The van der Waals surface area contributed by atoms with E-state index in [0.29, 0.717) is 0 Å². The molecule has 12 nitrogen and oxygen atoms in total. The number of carbonyl (C=O) groups excluding carboxylic acids is 1. The molecule has 1 aromatic carbocycles. The Hall–Kier alpha value is -2.55. The molecule has 2 fully saturated rings. The highest BCUT2D eigenvalue weighted by Gasteiger charge is 2.79. The number of rotatable bonds is 5. The molecule has 0 aromatic heterocycles. The predicted molar refractivity (Wildman–Crippen MR) is 105 cm³/mol. The maximum Gasteiger partial charge on any atom is 0.330 e. The normalized spacial score (nSPS) is 29.0. The SMILES string of the molecule is C[C@H](N)C(=O)N[C@@]1(C(=O)O)CS(=O)(=O)[C@H]2[C@H](C(=O)O)[C@H]21.Cc1ccc(S(=O)(=O)O)cc1. The third kappa shape index (κ3) is 4.87. The average molecular weight is 479 g/mol. The van der Waals surface area contributed by atoms with E-state index >= 15 is 0 Å². The monoisotopic (exact) mass is 478 g/mol. The van der Waals surface area contributed by atoms with Gasteiger partial charge in [0, 0.05) is 5.92 Å². The van der Waals surface area contributed by atoms with E-state index in [1.54, 1.807) is 12.1 Å². The van der Waals surface area contributed by atoms with Crippen molar-refractivity contribution in [2.75, 3.05) is 5.75 Å². The number of aliphatic carboxylic acids is 2. The van der Waals surface area contributed by atoms with E-state index in [1.807, 2.05) is 6.92 Å². The zero-order valence-corrected chi connectivity index (χ0v) is 18.1. The van der Waals surface area contributed by atoms with Crippen molar-refractivity contribution in [3.8, 4) is 0 Å². The molecule has 0 radical (unpaired) electrons. The molecule has 1 saturated carbocycles. The van der Waals surface area contributed by atoms with Crippen LogP contribution < -0.4 is 11.1 Å². The predicted octanol–water partition coefficient (Wildman–Crippen LogP) is -1.36. The van der Waals surface area contributed by atoms with Gasteiger partial charge in [0.2, 0.25) is 5.91 Å². The Morgan fingerprint density at radius 2 is 1.71 bits per heavy atom. The summed E-state index contributed by atoms with van der Waals surface area (Å²) in [5.41, 5.74) is 4.17. The summed E-state index contributed by atoms with van der Waals surface area (Å²) in [5, 5.41) is 19.1. The first-order valence-corrected chi connectivity index (χ1v) is 12.0. The first kappa shape index (κ1) is 24.7. The zero-order chi connectivity index (χ0) is 23.9. The molecule has 1 heterocycles. The summed E-state index contributed by atoms with van der Waals surface area (Å²) in [7, 11) is -7.91. The summed E-state index contributed by atoms with van der Waals surface area (Å²) < 4.78 is 53.3. The smallest absolute Gasteiger partial charge is 0.330 e. The van der Waals surface area contributed by atoms with Gasteiger partial charge >= 0.3 is 11.9 Å².